The minimum absolute atomic E-state index is 0.151. The number of carboxylic acid groups (broad SMARTS) is 1. The lowest BCUT2D eigenvalue weighted by molar-refractivity contribution is -0.137. The quantitative estimate of drug-likeness (QED) is 0.288. The van der Waals surface area contributed by atoms with Crippen LogP contribution in [0.25, 0.3) is 0 Å². The van der Waals surface area contributed by atoms with E-state index in [1.165, 1.54) is 11.1 Å². The molecule has 0 aliphatic carbocycles. The number of carboxylic acids is 1. The van der Waals surface area contributed by atoms with Crippen LogP contribution < -0.4 is 5.32 Å². The van der Waals surface area contributed by atoms with Gasteiger partial charge in [0.2, 0.25) is 0 Å². The molecule has 4 N–H and O–H groups in total. The van der Waals surface area contributed by atoms with Crippen LogP contribution in [0.1, 0.15) is 0 Å². The third-order valence-electron chi connectivity index (χ3n) is 1.85. The number of carbonyl (C=O) groups is 2. The van der Waals surface area contributed by atoms with Gasteiger partial charge in [0.15, 0.2) is 0 Å². The zero-order valence-electron chi connectivity index (χ0n) is 9.67. The van der Waals surface area contributed by atoms with E-state index in [2.05, 4.69) is 0 Å². The molecule has 0 saturated carbocycles. The lowest BCUT2D eigenvalue weighted by atomic mass is 10.3. The van der Waals surface area contributed by atoms with Crippen molar-refractivity contribution in [2.45, 2.75) is 0 Å². The Kier molecular flexibility index (Phi) is 7.92. The molecular weight excluding hydrogens is 242 g/mol. The van der Waals surface area contributed by atoms with Gasteiger partial charge in [0.1, 0.15) is 18.2 Å². The SMILES string of the molecule is N#C/C(=C/N(CCO)CCO)C(=O)NCC(=O)O. The molecule has 0 rings (SSSR count). The van der Waals surface area contributed by atoms with Gasteiger partial charge in [-0.15, -0.1) is 0 Å². The Bertz CT molecular complexity index is 355. The van der Waals surface area contributed by atoms with Crippen molar-refractivity contribution < 1.29 is 24.9 Å². The van der Waals surface area contributed by atoms with Crippen LogP contribution in [0.4, 0.5) is 0 Å². The van der Waals surface area contributed by atoms with E-state index < -0.39 is 18.4 Å². The minimum Gasteiger partial charge on any atom is -0.480 e. The van der Waals surface area contributed by atoms with Gasteiger partial charge in [0.25, 0.3) is 5.91 Å². The van der Waals surface area contributed by atoms with Crippen LogP contribution in [-0.4, -0.2) is 64.9 Å². The molecule has 0 aliphatic rings. The van der Waals surface area contributed by atoms with E-state index in [0.29, 0.717) is 0 Å². The summed E-state index contributed by atoms with van der Waals surface area (Å²) in [4.78, 5) is 23.0. The van der Waals surface area contributed by atoms with E-state index >= 15 is 0 Å². The summed E-state index contributed by atoms with van der Waals surface area (Å²) in [7, 11) is 0. The van der Waals surface area contributed by atoms with Gasteiger partial charge in [0.05, 0.1) is 13.2 Å². The number of carbonyl (C=O) groups excluding carboxylic acids is 1. The van der Waals surface area contributed by atoms with Gasteiger partial charge in [-0.2, -0.15) is 5.26 Å². The molecule has 0 aromatic carbocycles. The average molecular weight is 257 g/mol. The number of hydrogen-bond donors (Lipinski definition) is 4. The predicted molar refractivity (Wildman–Crippen MR) is 60.1 cm³/mol. The number of rotatable bonds is 8. The summed E-state index contributed by atoms with van der Waals surface area (Å²) in [5, 5.41) is 36.7. The van der Waals surface area contributed by atoms with Gasteiger partial charge in [0, 0.05) is 19.3 Å². The van der Waals surface area contributed by atoms with Crippen LogP contribution in [0, 0.1) is 11.3 Å². The Morgan fingerprint density at radius 3 is 2.22 bits per heavy atom. The molecule has 0 fully saturated rings. The monoisotopic (exact) mass is 257 g/mol. The number of hydrogen-bond acceptors (Lipinski definition) is 6. The molecule has 0 atom stereocenters. The minimum atomic E-state index is -1.22. The van der Waals surface area contributed by atoms with Gasteiger partial charge in [-0.05, 0) is 0 Å². The summed E-state index contributed by atoms with van der Waals surface area (Å²) >= 11 is 0. The molecule has 0 spiro atoms. The van der Waals surface area contributed by atoms with Crippen molar-refractivity contribution in [3.63, 3.8) is 0 Å². The number of amides is 1. The van der Waals surface area contributed by atoms with Gasteiger partial charge in [-0.25, -0.2) is 0 Å². The number of aliphatic carboxylic acids is 1. The van der Waals surface area contributed by atoms with E-state index in [1.807, 2.05) is 5.32 Å². The zero-order valence-corrected chi connectivity index (χ0v) is 9.67. The van der Waals surface area contributed by atoms with Crippen LogP contribution in [0.15, 0.2) is 11.8 Å². The second-order valence-corrected chi connectivity index (χ2v) is 3.21. The molecular formula is C10H15N3O5. The molecule has 1 amide bonds. The van der Waals surface area contributed by atoms with E-state index in [0.717, 1.165) is 0 Å². The number of nitriles is 1. The fourth-order valence-corrected chi connectivity index (χ4v) is 1.07. The molecule has 0 heterocycles. The molecule has 0 saturated heterocycles. The first kappa shape index (κ1) is 15.9. The topological polar surface area (TPSA) is 134 Å². The molecule has 8 heteroatoms. The normalized spacial score (nSPS) is 10.6. The molecule has 0 aliphatic heterocycles. The summed E-state index contributed by atoms with van der Waals surface area (Å²) in [6, 6.07) is 1.62. The Morgan fingerprint density at radius 1 is 1.28 bits per heavy atom. The predicted octanol–water partition coefficient (Wildman–Crippen LogP) is -2.12. The van der Waals surface area contributed by atoms with Crippen molar-refractivity contribution in [2.24, 2.45) is 0 Å². The first-order valence-electron chi connectivity index (χ1n) is 5.12. The number of aliphatic hydroxyl groups is 2. The summed E-state index contributed by atoms with van der Waals surface area (Å²) < 4.78 is 0. The van der Waals surface area contributed by atoms with Gasteiger partial charge in [-0.1, -0.05) is 0 Å². The number of nitrogens with one attached hydrogen (secondary N) is 1. The average Bonchev–Trinajstić information content (AvgIpc) is 2.33. The van der Waals surface area contributed by atoms with E-state index in [-0.39, 0.29) is 31.9 Å². The first-order chi connectivity index (χ1) is 8.54. The Balaban J connectivity index is 4.66. The second-order valence-electron chi connectivity index (χ2n) is 3.21. The van der Waals surface area contributed by atoms with Crippen molar-refractivity contribution in [1.29, 1.82) is 5.26 Å². The van der Waals surface area contributed by atoms with Crippen LogP contribution in [0.2, 0.25) is 0 Å². The highest BCUT2D eigenvalue weighted by molar-refractivity contribution is 5.98. The first-order valence-corrected chi connectivity index (χ1v) is 5.12. The van der Waals surface area contributed by atoms with Crippen LogP contribution in [0.5, 0.6) is 0 Å². The molecule has 0 unspecified atom stereocenters. The van der Waals surface area contributed by atoms with Crippen molar-refractivity contribution in [1.82, 2.24) is 10.2 Å². The standard InChI is InChI=1S/C10H15N3O5/c11-5-8(10(18)12-6-9(16)17)7-13(1-3-14)2-4-15/h7,14-15H,1-4,6H2,(H,12,18)(H,16,17)/b8-7-. The van der Waals surface area contributed by atoms with Crippen molar-refractivity contribution >= 4 is 11.9 Å². The van der Waals surface area contributed by atoms with Gasteiger partial charge < -0.3 is 25.5 Å². The summed E-state index contributed by atoms with van der Waals surface area (Å²) in [5.74, 6) is -2.04. The lowest BCUT2D eigenvalue weighted by Gasteiger charge is -2.18. The Morgan fingerprint density at radius 2 is 1.83 bits per heavy atom. The largest absolute Gasteiger partial charge is 0.480 e. The van der Waals surface area contributed by atoms with Crippen LogP contribution >= 0.6 is 0 Å². The van der Waals surface area contributed by atoms with Crippen LogP contribution in [-0.2, 0) is 9.59 Å². The molecule has 0 bridgehead atoms. The highest BCUT2D eigenvalue weighted by Crippen LogP contribution is 1.98. The van der Waals surface area contributed by atoms with Gasteiger partial charge in [-0.3, -0.25) is 9.59 Å². The third-order valence-corrected chi connectivity index (χ3v) is 1.85. The van der Waals surface area contributed by atoms with Crippen LogP contribution in [0.3, 0.4) is 0 Å². The summed E-state index contributed by atoms with van der Waals surface area (Å²) in [6.45, 7) is -0.689. The van der Waals surface area contributed by atoms with E-state index in [9.17, 15) is 9.59 Å². The number of aliphatic hydroxyl groups excluding tert-OH is 2. The second kappa shape index (κ2) is 8.98. The molecule has 18 heavy (non-hydrogen) atoms. The molecule has 100 valence electrons. The highest BCUT2D eigenvalue weighted by atomic mass is 16.4. The molecule has 8 nitrogen and oxygen atoms in total. The fraction of sp³-hybridized carbons (Fsp3) is 0.500. The maximum Gasteiger partial charge on any atom is 0.322 e. The molecule has 0 aromatic heterocycles. The lowest BCUT2D eigenvalue weighted by Crippen LogP contribution is -2.32. The van der Waals surface area contributed by atoms with Crippen molar-refractivity contribution in [2.75, 3.05) is 32.8 Å². The van der Waals surface area contributed by atoms with Crippen molar-refractivity contribution in [3.05, 3.63) is 11.8 Å². The highest BCUT2D eigenvalue weighted by Gasteiger charge is 2.11. The zero-order chi connectivity index (χ0) is 14.0. The smallest absolute Gasteiger partial charge is 0.322 e. The summed E-state index contributed by atoms with van der Waals surface area (Å²) in [5.41, 5.74) is -0.293. The van der Waals surface area contributed by atoms with Crippen molar-refractivity contribution in [3.8, 4) is 6.07 Å². The Labute approximate surface area is 104 Å². The maximum atomic E-state index is 11.4. The fourth-order valence-electron chi connectivity index (χ4n) is 1.07. The number of nitrogens with zero attached hydrogens (tertiary/aromatic N) is 2. The van der Waals surface area contributed by atoms with Gasteiger partial charge >= 0.3 is 5.97 Å². The van der Waals surface area contributed by atoms with E-state index in [4.69, 9.17) is 20.6 Å². The Hall–Kier alpha value is -2.11. The molecule has 0 aromatic rings. The van der Waals surface area contributed by atoms with E-state index in [1.54, 1.807) is 6.07 Å². The summed E-state index contributed by atoms with van der Waals surface area (Å²) in [6.07, 6.45) is 1.17. The maximum absolute atomic E-state index is 11.4. The molecule has 0 radical (unpaired) electrons. The third kappa shape index (κ3) is 6.47.